The molecule has 12 heteroatoms. The van der Waals surface area contributed by atoms with Gasteiger partial charge in [0.05, 0.1) is 10.6 Å². The second-order valence-electron chi connectivity index (χ2n) is 10.1. The molecule has 208 valence electrons. The first-order chi connectivity index (χ1) is 17.1. The summed E-state index contributed by atoms with van der Waals surface area (Å²) >= 11 is 6.34. The molecule has 0 aromatic heterocycles. The van der Waals surface area contributed by atoms with Crippen molar-refractivity contribution < 1.29 is 36.3 Å². The number of methoxy groups -OCH3 is 1. The minimum atomic E-state index is -5.57. The normalized spacial score (nSPS) is 20.1. The maximum atomic E-state index is 14.1. The van der Waals surface area contributed by atoms with Crippen molar-refractivity contribution in [2.45, 2.75) is 50.3 Å². The quantitative estimate of drug-likeness (QED) is 0.460. The molecular formula is C25H33ClF5N3O3. The van der Waals surface area contributed by atoms with Crippen molar-refractivity contribution in [1.29, 1.82) is 0 Å². The molecule has 2 amide bonds. The number of hydrogen-bond acceptors (Lipinski definition) is 4. The first-order valence-electron chi connectivity index (χ1n) is 12.2. The number of benzene rings is 1. The maximum absolute atomic E-state index is 14.1. The van der Waals surface area contributed by atoms with Gasteiger partial charge in [0.25, 0.3) is 17.7 Å². The van der Waals surface area contributed by atoms with Crippen LogP contribution in [0, 0.1) is 11.8 Å². The van der Waals surface area contributed by atoms with Crippen LogP contribution < -0.4 is 4.90 Å². The maximum Gasteiger partial charge on any atom is 0.432 e. The molecule has 2 saturated heterocycles. The van der Waals surface area contributed by atoms with Crippen LogP contribution in [0.1, 0.15) is 43.0 Å². The van der Waals surface area contributed by atoms with E-state index in [1.165, 1.54) is 4.90 Å². The van der Waals surface area contributed by atoms with Gasteiger partial charge in [0.15, 0.2) is 0 Å². The van der Waals surface area contributed by atoms with Gasteiger partial charge in [-0.1, -0.05) is 11.6 Å². The number of hydrogen-bond donors (Lipinski definition) is 0. The predicted molar refractivity (Wildman–Crippen MR) is 130 cm³/mol. The zero-order valence-corrected chi connectivity index (χ0v) is 22.1. The Hall–Kier alpha value is -2.14. The molecule has 0 bridgehead atoms. The number of carbonyl (C=O) groups is 2. The highest BCUT2D eigenvalue weighted by Gasteiger charge is 2.74. The van der Waals surface area contributed by atoms with Crippen molar-refractivity contribution in [3.8, 4) is 0 Å². The molecule has 1 atom stereocenters. The van der Waals surface area contributed by atoms with Crippen LogP contribution in [0.4, 0.5) is 27.6 Å². The molecular weight excluding hydrogens is 521 g/mol. The highest BCUT2D eigenvalue weighted by molar-refractivity contribution is 6.34. The van der Waals surface area contributed by atoms with Crippen molar-refractivity contribution in [3.05, 3.63) is 28.8 Å². The molecule has 0 radical (unpaired) electrons. The van der Waals surface area contributed by atoms with E-state index in [1.807, 2.05) is 6.07 Å². The molecule has 37 heavy (non-hydrogen) atoms. The third kappa shape index (κ3) is 5.67. The van der Waals surface area contributed by atoms with E-state index in [2.05, 4.69) is 9.64 Å². The Morgan fingerprint density at radius 1 is 0.973 bits per heavy atom. The first-order valence-corrected chi connectivity index (χ1v) is 12.6. The van der Waals surface area contributed by atoms with Crippen LogP contribution in [0.3, 0.4) is 0 Å². The molecule has 2 aliphatic heterocycles. The van der Waals surface area contributed by atoms with Crippen LogP contribution >= 0.6 is 11.6 Å². The summed E-state index contributed by atoms with van der Waals surface area (Å²) in [4.78, 5) is 29.4. The van der Waals surface area contributed by atoms with Crippen LogP contribution in [-0.4, -0.2) is 86.7 Å². The van der Waals surface area contributed by atoms with Gasteiger partial charge in [0, 0.05) is 60.0 Å². The van der Waals surface area contributed by atoms with Gasteiger partial charge in [-0.2, -0.15) is 13.2 Å². The lowest BCUT2D eigenvalue weighted by Crippen LogP contribution is -2.68. The van der Waals surface area contributed by atoms with Gasteiger partial charge < -0.3 is 19.4 Å². The van der Waals surface area contributed by atoms with Gasteiger partial charge in [0.1, 0.15) is 0 Å². The van der Waals surface area contributed by atoms with Gasteiger partial charge >= 0.3 is 11.8 Å². The fourth-order valence-corrected chi connectivity index (χ4v) is 5.74. The zero-order valence-electron chi connectivity index (χ0n) is 21.4. The Labute approximate surface area is 218 Å². The monoisotopic (exact) mass is 553 g/mol. The Bertz CT molecular complexity index is 969. The lowest BCUT2D eigenvalue weighted by Gasteiger charge is -2.44. The molecule has 0 N–H and O–H groups in total. The lowest BCUT2D eigenvalue weighted by atomic mass is 9.78. The Balaban J connectivity index is 1.59. The van der Waals surface area contributed by atoms with Gasteiger partial charge in [-0.25, -0.2) is 8.78 Å². The molecule has 6 nitrogen and oxygen atoms in total. The summed E-state index contributed by atoms with van der Waals surface area (Å²) in [6, 6.07) is 5.34. The Morgan fingerprint density at radius 3 is 1.89 bits per heavy atom. The molecule has 2 aliphatic rings. The lowest BCUT2D eigenvalue weighted by molar-refractivity contribution is -0.322. The van der Waals surface area contributed by atoms with Gasteiger partial charge in [-0.15, -0.1) is 0 Å². The summed E-state index contributed by atoms with van der Waals surface area (Å²) in [7, 11) is 3.80. The average Bonchev–Trinajstić information content (AvgIpc) is 2.82. The molecule has 2 fully saturated rings. The van der Waals surface area contributed by atoms with Crippen LogP contribution in [0.2, 0.25) is 5.02 Å². The number of likely N-dealkylation sites (tertiary alicyclic amines) is 1. The standard InChI is InChI=1S/C25H33ClF5N3O3/c1-23(27,28)24(37-4,25(29,30)31)22(36)34-13-9-17(10-14-34)16-7-11-33(12-8-16)18-5-6-19(20(26)15-18)21(35)32(2)3/h5-6,15-17H,7-14H2,1-4H3. The number of carbonyl (C=O) groups excluding carboxylic acids is 2. The fourth-order valence-electron chi connectivity index (χ4n) is 5.48. The van der Waals surface area contributed by atoms with Crippen molar-refractivity contribution in [2.24, 2.45) is 11.8 Å². The van der Waals surface area contributed by atoms with E-state index in [4.69, 9.17) is 11.6 Å². The summed E-state index contributed by atoms with van der Waals surface area (Å²) in [6.07, 6.45) is -3.01. The minimum Gasteiger partial charge on any atom is -0.371 e. The fraction of sp³-hybridized carbons (Fsp3) is 0.680. The topological polar surface area (TPSA) is 53.1 Å². The van der Waals surface area contributed by atoms with E-state index >= 15 is 0 Å². The minimum absolute atomic E-state index is 0.0298. The molecule has 0 spiro atoms. The number of rotatable bonds is 6. The predicted octanol–water partition coefficient (Wildman–Crippen LogP) is 5.10. The van der Waals surface area contributed by atoms with E-state index in [9.17, 15) is 31.5 Å². The number of halogens is 6. The highest BCUT2D eigenvalue weighted by Crippen LogP contribution is 2.46. The number of amides is 2. The zero-order chi connectivity index (χ0) is 27.8. The third-order valence-corrected chi connectivity index (χ3v) is 7.92. The smallest absolute Gasteiger partial charge is 0.371 e. The van der Waals surface area contributed by atoms with E-state index in [1.54, 1.807) is 26.2 Å². The molecule has 1 aromatic carbocycles. The summed E-state index contributed by atoms with van der Waals surface area (Å²) in [5, 5.41) is 0.374. The van der Waals surface area contributed by atoms with Crippen LogP contribution in [0.5, 0.6) is 0 Å². The van der Waals surface area contributed by atoms with Crippen LogP contribution in [0.15, 0.2) is 18.2 Å². The number of piperidine rings is 2. The highest BCUT2D eigenvalue weighted by atomic mass is 35.5. The van der Waals surface area contributed by atoms with Crippen LogP contribution in [-0.2, 0) is 9.53 Å². The third-order valence-electron chi connectivity index (χ3n) is 7.61. The van der Waals surface area contributed by atoms with E-state index in [0.717, 1.165) is 36.5 Å². The van der Waals surface area contributed by atoms with E-state index < -0.39 is 23.6 Å². The molecule has 3 rings (SSSR count). The number of anilines is 1. The van der Waals surface area contributed by atoms with Crippen molar-refractivity contribution >= 4 is 29.1 Å². The SMILES string of the molecule is COC(C(=O)N1CCC(C2CCN(c3ccc(C(=O)N(C)C)c(Cl)c3)CC2)CC1)(C(C)(F)F)C(F)(F)F. The number of nitrogens with zero attached hydrogens (tertiary/aromatic N) is 3. The molecule has 1 unspecified atom stereocenters. The second kappa shape index (κ2) is 10.9. The summed E-state index contributed by atoms with van der Waals surface area (Å²) in [5.74, 6) is -5.88. The van der Waals surface area contributed by atoms with Crippen molar-refractivity contribution in [2.75, 3.05) is 52.3 Å². The van der Waals surface area contributed by atoms with E-state index in [0.29, 0.717) is 36.5 Å². The first kappa shape index (κ1) is 29.4. The number of alkyl halides is 5. The molecule has 2 heterocycles. The molecule has 0 aliphatic carbocycles. The average molecular weight is 554 g/mol. The molecule has 0 saturated carbocycles. The molecule has 1 aromatic rings. The largest absolute Gasteiger partial charge is 0.432 e. The van der Waals surface area contributed by atoms with Crippen molar-refractivity contribution in [3.63, 3.8) is 0 Å². The summed E-state index contributed by atoms with van der Waals surface area (Å²) in [5.41, 5.74) is -2.87. The summed E-state index contributed by atoms with van der Waals surface area (Å²) in [6.45, 7) is 1.48. The summed E-state index contributed by atoms with van der Waals surface area (Å²) < 4.78 is 73.4. The van der Waals surface area contributed by atoms with Crippen LogP contribution in [0.25, 0.3) is 0 Å². The van der Waals surface area contributed by atoms with Gasteiger partial charge in [0.2, 0.25) is 0 Å². The Morgan fingerprint density at radius 2 is 1.49 bits per heavy atom. The van der Waals surface area contributed by atoms with Gasteiger partial charge in [-0.05, 0) is 55.7 Å². The Kier molecular flexibility index (Phi) is 8.68. The number of ether oxygens (including phenoxy) is 1. The van der Waals surface area contributed by atoms with E-state index in [-0.39, 0.29) is 31.8 Å². The second-order valence-corrected chi connectivity index (χ2v) is 10.5. The van der Waals surface area contributed by atoms with Gasteiger partial charge in [-0.3, -0.25) is 9.59 Å². The van der Waals surface area contributed by atoms with Crippen molar-refractivity contribution in [1.82, 2.24) is 9.80 Å².